The summed E-state index contributed by atoms with van der Waals surface area (Å²) >= 11 is 5.96. The first-order chi connectivity index (χ1) is 19.4. The Bertz CT molecular complexity index is 1660. The van der Waals surface area contributed by atoms with Gasteiger partial charge in [-0.3, -0.25) is 4.98 Å². The second-order valence-electron chi connectivity index (χ2n) is 10.2. The molecule has 0 spiro atoms. The van der Waals surface area contributed by atoms with Crippen molar-refractivity contribution in [1.29, 1.82) is 0 Å². The van der Waals surface area contributed by atoms with Crippen molar-refractivity contribution in [2.75, 3.05) is 4.90 Å². The number of aromatic nitrogens is 3. The Morgan fingerprint density at radius 1 is 0.850 bits per heavy atom. The highest BCUT2D eigenvalue weighted by atomic mass is 32.1. The lowest BCUT2D eigenvalue weighted by Crippen LogP contribution is -2.29. The molecule has 0 saturated carbocycles. The molecule has 40 heavy (non-hydrogen) atoms. The number of aryl methyl sites for hydroxylation is 3. The van der Waals surface area contributed by atoms with E-state index < -0.39 is 0 Å². The van der Waals surface area contributed by atoms with E-state index in [1.807, 2.05) is 67.8 Å². The fourth-order valence-electron chi connectivity index (χ4n) is 5.45. The van der Waals surface area contributed by atoms with Gasteiger partial charge in [-0.05, 0) is 111 Å². The summed E-state index contributed by atoms with van der Waals surface area (Å²) in [5.74, 6) is 2.52. The normalized spacial score (nSPS) is 16.7. The van der Waals surface area contributed by atoms with Crippen molar-refractivity contribution in [2.24, 2.45) is 0 Å². The van der Waals surface area contributed by atoms with Crippen LogP contribution in [0.2, 0.25) is 0 Å². The fourth-order valence-corrected chi connectivity index (χ4v) is 5.80. The highest BCUT2D eigenvalue weighted by Crippen LogP contribution is 2.44. The maximum absolute atomic E-state index is 6.16. The van der Waals surface area contributed by atoms with Crippen molar-refractivity contribution in [3.05, 3.63) is 131 Å². The van der Waals surface area contributed by atoms with Crippen LogP contribution in [0.5, 0.6) is 11.5 Å². The molecular formula is C33H31N5OS. The lowest BCUT2D eigenvalue weighted by atomic mass is 9.96. The van der Waals surface area contributed by atoms with Gasteiger partial charge < -0.3 is 19.5 Å². The number of nitrogens with one attached hydrogen (secondary N) is 1. The predicted octanol–water partition coefficient (Wildman–Crippen LogP) is 7.47. The Balaban J connectivity index is 1.41. The number of ether oxygens (including phenoxy) is 1. The van der Waals surface area contributed by atoms with Gasteiger partial charge in [-0.2, -0.15) is 0 Å². The van der Waals surface area contributed by atoms with Gasteiger partial charge in [0.15, 0.2) is 5.11 Å². The molecule has 5 aromatic rings. The van der Waals surface area contributed by atoms with E-state index in [-0.39, 0.29) is 12.1 Å². The van der Waals surface area contributed by atoms with Crippen LogP contribution in [0, 0.1) is 27.7 Å². The molecule has 6 rings (SSSR count). The van der Waals surface area contributed by atoms with Crippen LogP contribution in [0.15, 0.2) is 97.3 Å². The van der Waals surface area contributed by atoms with Gasteiger partial charge in [0.1, 0.15) is 17.3 Å². The third-order valence-corrected chi connectivity index (χ3v) is 7.76. The van der Waals surface area contributed by atoms with Gasteiger partial charge in [0, 0.05) is 29.5 Å². The minimum atomic E-state index is -0.128. The molecule has 4 heterocycles. The number of para-hydroxylation sites is 1. The Morgan fingerprint density at radius 3 is 2.33 bits per heavy atom. The summed E-state index contributed by atoms with van der Waals surface area (Å²) < 4.78 is 8.38. The monoisotopic (exact) mass is 545 g/mol. The van der Waals surface area contributed by atoms with Crippen LogP contribution in [-0.2, 0) is 0 Å². The Hall–Kier alpha value is -4.49. The highest BCUT2D eigenvalue weighted by Gasteiger charge is 2.42. The summed E-state index contributed by atoms with van der Waals surface area (Å²) in [4.78, 5) is 11.6. The quantitative estimate of drug-likeness (QED) is 0.223. The highest BCUT2D eigenvalue weighted by molar-refractivity contribution is 7.80. The average molecular weight is 546 g/mol. The SMILES string of the molecule is Cc1ccc(-n2c(C)cc([C@H]3[C@@H](c4ccccn4)NC(=S)N3c3ccc(Oc4ccccc4C)cc3)c2C)nc1. The predicted molar refractivity (Wildman–Crippen MR) is 163 cm³/mol. The van der Waals surface area contributed by atoms with Gasteiger partial charge in [0.05, 0.1) is 17.8 Å². The summed E-state index contributed by atoms with van der Waals surface area (Å²) in [6.45, 7) is 8.37. The van der Waals surface area contributed by atoms with E-state index in [0.717, 1.165) is 51.2 Å². The third kappa shape index (κ3) is 4.73. The molecule has 7 heteroatoms. The zero-order valence-corrected chi connectivity index (χ0v) is 23.8. The lowest BCUT2D eigenvalue weighted by molar-refractivity contribution is 0.479. The third-order valence-electron chi connectivity index (χ3n) is 7.45. The molecular weight excluding hydrogens is 514 g/mol. The standard InChI is InChI=1S/C33H31N5OS/c1-21-12-17-30(35-20-21)37-23(3)19-27(24(37)4)32-31(28-10-7-8-18-34-28)36-33(40)38(32)25-13-15-26(16-14-25)39-29-11-6-5-9-22(29)2/h5-20,31-32H,1-4H3,(H,36,40)/t31-,32+/m1/s1. The number of nitrogens with zero attached hydrogens (tertiary/aromatic N) is 4. The number of rotatable bonds is 6. The minimum absolute atomic E-state index is 0.115. The Morgan fingerprint density at radius 2 is 1.62 bits per heavy atom. The number of thiocarbonyl (C=S) groups is 1. The Labute approximate surface area is 240 Å². The van der Waals surface area contributed by atoms with Crippen LogP contribution in [0.3, 0.4) is 0 Å². The van der Waals surface area contributed by atoms with Crippen molar-refractivity contribution in [1.82, 2.24) is 19.9 Å². The van der Waals surface area contributed by atoms with E-state index in [9.17, 15) is 0 Å². The molecule has 200 valence electrons. The van der Waals surface area contributed by atoms with Crippen molar-refractivity contribution in [3.63, 3.8) is 0 Å². The molecule has 3 aromatic heterocycles. The molecule has 0 amide bonds. The van der Waals surface area contributed by atoms with Gasteiger partial charge in [-0.25, -0.2) is 4.98 Å². The lowest BCUT2D eigenvalue weighted by Gasteiger charge is -2.28. The topological polar surface area (TPSA) is 55.2 Å². The largest absolute Gasteiger partial charge is 0.457 e. The van der Waals surface area contributed by atoms with Crippen LogP contribution in [0.1, 0.15) is 45.9 Å². The van der Waals surface area contributed by atoms with Crippen molar-refractivity contribution < 1.29 is 4.74 Å². The van der Waals surface area contributed by atoms with Crippen LogP contribution in [0.4, 0.5) is 5.69 Å². The molecule has 2 aromatic carbocycles. The van der Waals surface area contributed by atoms with E-state index in [1.54, 1.807) is 0 Å². The Kier molecular flexibility index (Phi) is 6.82. The van der Waals surface area contributed by atoms with Gasteiger partial charge in [0.2, 0.25) is 0 Å². The van der Waals surface area contributed by atoms with Gasteiger partial charge in [-0.15, -0.1) is 0 Å². The van der Waals surface area contributed by atoms with Crippen LogP contribution in [-0.4, -0.2) is 19.6 Å². The van der Waals surface area contributed by atoms with Gasteiger partial charge in [0.25, 0.3) is 0 Å². The smallest absolute Gasteiger partial charge is 0.174 e. The molecule has 1 aliphatic heterocycles. The molecule has 2 atom stereocenters. The maximum atomic E-state index is 6.16. The van der Waals surface area contributed by atoms with Crippen LogP contribution < -0.4 is 15.0 Å². The van der Waals surface area contributed by atoms with Crippen molar-refractivity contribution in [2.45, 2.75) is 39.8 Å². The van der Waals surface area contributed by atoms with E-state index in [0.29, 0.717) is 5.11 Å². The number of hydrogen-bond acceptors (Lipinski definition) is 4. The minimum Gasteiger partial charge on any atom is -0.457 e. The molecule has 6 nitrogen and oxygen atoms in total. The summed E-state index contributed by atoms with van der Waals surface area (Å²) in [5, 5.41) is 4.23. The second kappa shape index (κ2) is 10.6. The second-order valence-corrected chi connectivity index (χ2v) is 10.6. The van der Waals surface area contributed by atoms with E-state index >= 15 is 0 Å². The van der Waals surface area contributed by atoms with Crippen molar-refractivity contribution in [3.8, 4) is 17.3 Å². The molecule has 0 aliphatic carbocycles. The molecule has 0 radical (unpaired) electrons. The molecule has 0 bridgehead atoms. The fraction of sp³-hybridized carbons (Fsp3) is 0.182. The van der Waals surface area contributed by atoms with E-state index in [2.05, 4.69) is 72.0 Å². The number of hydrogen-bond donors (Lipinski definition) is 1. The average Bonchev–Trinajstić information content (AvgIpc) is 3.46. The van der Waals surface area contributed by atoms with E-state index in [4.69, 9.17) is 26.9 Å². The maximum Gasteiger partial charge on any atom is 0.174 e. The van der Waals surface area contributed by atoms with Crippen molar-refractivity contribution >= 4 is 23.0 Å². The number of pyridine rings is 2. The van der Waals surface area contributed by atoms with Crippen LogP contribution >= 0.6 is 12.2 Å². The molecule has 1 fully saturated rings. The molecule has 1 N–H and O–H groups in total. The van der Waals surface area contributed by atoms with E-state index in [1.165, 1.54) is 5.56 Å². The number of anilines is 1. The van der Waals surface area contributed by atoms with Crippen LogP contribution in [0.25, 0.3) is 5.82 Å². The van der Waals surface area contributed by atoms with Gasteiger partial charge >= 0.3 is 0 Å². The van der Waals surface area contributed by atoms with Gasteiger partial charge in [-0.1, -0.05) is 30.3 Å². The first kappa shape index (κ1) is 25.8. The number of benzene rings is 2. The zero-order valence-electron chi connectivity index (χ0n) is 23.0. The zero-order chi connectivity index (χ0) is 27.8. The first-order valence-electron chi connectivity index (χ1n) is 13.4. The molecule has 1 saturated heterocycles. The summed E-state index contributed by atoms with van der Waals surface area (Å²) in [6.07, 6.45) is 3.74. The summed E-state index contributed by atoms with van der Waals surface area (Å²) in [7, 11) is 0. The molecule has 0 unspecified atom stereocenters. The molecule has 1 aliphatic rings. The first-order valence-corrected chi connectivity index (χ1v) is 13.8. The summed E-state index contributed by atoms with van der Waals surface area (Å²) in [6, 6.07) is 28.3. The summed E-state index contributed by atoms with van der Waals surface area (Å²) in [5.41, 5.74) is 7.55.